The van der Waals surface area contributed by atoms with Crippen LogP contribution in [0.3, 0.4) is 0 Å². The van der Waals surface area contributed by atoms with Crippen molar-refractivity contribution in [3.8, 4) is 0 Å². The number of Topliss-reactive ketones (excluding diaryl/α,β-unsaturated/α-hetero) is 1. The Morgan fingerprint density at radius 3 is 2.43 bits per heavy atom. The lowest BCUT2D eigenvalue weighted by Crippen LogP contribution is -2.35. The zero-order chi connectivity index (χ0) is 10.9. The molecule has 0 bridgehead atoms. The van der Waals surface area contributed by atoms with Gasteiger partial charge in [0.1, 0.15) is 0 Å². The summed E-state index contributed by atoms with van der Waals surface area (Å²) >= 11 is 1.24. The van der Waals surface area contributed by atoms with Crippen LogP contribution in [0.4, 0.5) is 0 Å². The van der Waals surface area contributed by atoms with Crippen molar-refractivity contribution in [1.29, 1.82) is 0 Å². The smallest absolute Gasteiger partial charge is 0.423 e. The molecule has 0 saturated carbocycles. The molecule has 0 aliphatic carbocycles. The van der Waals surface area contributed by atoms with Crippen molar-refractivity contribution in [3.63, 3.8) is 0 Å². The maximum atomic E-state index is 11.8. The maximum absolute atomic E-state index is 11.8. The van der Waals surface area contributed by atoms with E-state index in [1.54, 1.807) is 11.4 Å². The van der Waals surface area contributed by atoms with Crippen molar-refractivity contribution >= 4 is 29.7 Å². The molecule has 1 aromatic heterocycles. The van der Waals surface area contributed by atoms with Crippen LogP contribution in [0.1, 0.15) is 30.4 Å². The predicted molar refractivity (Wildman–Crippen MR) is 57.9 cm³/mol. The van der Waals surface area contributed by atoms with Crippen molar-refractivity contribution < 1.29 is 14.8 Å². The van der Waals surface area contributed by atoms with E-state index >= 15 is 0 Å². The van der Waals surface area contributed by atoms with Crippen LogP contribution in [0, 0.1) is 5.41 Å². The van der Waals surface area contributed by atoms with Crippen LogP contribution in [0.25, 0.3) is 0 Å². The molecule has 0 saturated heterocycles. The van der Waals surface area contributed by atoms with Gasteiger partial charge in [-0.1, -0.05) is 26.8 Å². The van der Waals surface area contributed by atoms with Gasteiger partial charge in [-0.3, -0.25) is 4.79 Å². The second kappa shape index (κ2) is 3.84. The summed E-state index contributed by atoms with van der Waals surface area (Å²) in [4.78, 5) is 12.3. The third-order valence-electron chi connectivity index (χ3n) is 1.86. The van der Waals surface area contributed by atoms with Gasteiger partial charge in [-0.25, -0.2) is 0 Å². The Morgan fingerprint density at radius 2 is 2.00 bits per heavy atom. The third-order valence-corrected chi connectivity index (χ3v) is 2.79. The number of rotatable bonds is 2. The summed E-state index contributed by atoms with van der Waals surface area (Å²) in [6.07, 6.45) is 0. The minimum atomic E-state index is -1.57. The molecule has 0 aromatic carbocycles. The van der Waals surface area contributed by atoms with Crippen molar-refractivity contribution in [3.05, 3.63) is 16.3 Å². The van der Waals surface area contributed by atoms with Crippen molar-refractivity contribution in [1.82, 2.24) is 0 Å². The summed E-state index contributed by atoms with van der Waals surface area (Å²) < 4.78 is 0. The van der Waals surface area contributed by atoms with Crippen molar-refractivity contribution in [2.24, 2.45) is 5.41 Å². The quantitative estimate of drug-likeness (QED) is 0.559. The molecule has 14 heavy (non-hydrogen) atoms. The highest BCUT2D eigenvalue weighted by molar-refractivity contribution is 7.13. The first-order chi connectivity index (χ1) is 6.34. The summed E-state index contributed by atoms with van der Waals surface area (Å²) in [5.74, 6) is -0.0596. The van der Waals surface area contributed by atoms with E-state index in [9.17, 15) is 4.79 Å². The first-order valence-corrected chi connectivity index (χ1v) is 5.20. The first kappa shape index (κ1) is 11.4. The molecule has 0 atom stereocenters. The number of hydrogen-bond acceptors (Lipinski definition) is 4. The topological polar surface area (TPSA) is 57.5 Å². The minimum absolute atomic E-state index is 0.0596. The molecule has 0 aliphatic heterocycles. The van der Waals surface area contributed by atoms with Gasteiger partial charge >= 0.3 is 7.12 Å². The van der Waals surface area contributed by atoms with Gasteiger partial charge in [0, 0.05) is 10.9 Å². The van der Waals surface area contributed by atoms with Gasteiger partial charge in [0.05, 0.1) is 4.88 Å². The molecule has 76 valence electrons. The van der Waals surface area contributed by atoms with Crippen molar-refractivity contribution in [2.45, 2.75) is 20.8 Å². The molecule has 0 unspecified atom stereocenters. The van der Waals surface area contributed by atoms with Gasteiger partial charge < -0.3 is 10.0 Å². The number of carbonyl (C=O) groups excluding carboxylic acids is 1. The average molecular weight is 212 g/mol. The highest BCUT2D eigenvalue weighted by Gasteiger charge is 2.29. The fourth-order valence-electron chi connectivity index (χ4n) is 1.05. The van der Waals surface area contributed by atoms with Crippen molar-refractivity contribution in [2.75, 3.05) is 0 Å². The van der Waals surface area contributed by atoms with E-state index in [2.05, 4.69) is 0 Å². The molecule has 1 heterocycles. The van der Waals surface area contributed by atoms with E-state index < -0.39 is 12.5 Å². The Hall–Kier alpha value is -0.645. The van der Waals surface area contributed by atoms with Gasteiger partial charge in [0.25, 0.3) is 0 Å². The maximum Gasteiger partial charge on any atom is 0.490 e. The van der Waals surface area contributed by atoms with E-state index in [1.165, 1.54) is 11.3 Å². The molecule has 2 N–H and O–H groups in total. The zero-order valence-electron chi connectivity index (χ0n) is 8.44. The van der Waals surface area contributed by atoms with E-state index in [0.717, 1.165) is 0 Å². The second-order valence-corrected chi connectivity index (χ2v) is 5.07. The fourth-order valence-corrected chi connectivity index (χ4v) is 2.12. The average Bonchev–Trinajstić information content (AvgIpc) is 2.48. The lowest BCUT2D eigenvalue weighted by Gasteiger charge is -2.16. The second-order valence-electron chi connectivity index (χ2n) is 4.16. The molecule has 1 aromatic rings. The van der Waals surface area contributed by atoms with E-state index in [1.807, 2.05) is 20.8 Å². The van der Waals surface area contributed by atoms with Gasteiger partial charge in [0.15, 0.2) is 5.78 Å². The van der Waals surface area contributed by atoms with Gasteiger partial charge in [-0.05, 0) is 5.38 Å². The Bertz CT molecular complexity index is 338. The largest absolute Gasteiger partial charge is 0.490 e. The molecule has 0 spiro atoms. The first-order valence-electron chi connectivity index (χ1n) is 4.32. The van der Waals surface area contributed by atoms with Gasteiger partial charge in [0.2, 0.25) is 0 Å². The summed E-state index contributed by atoms with van der Waals surface area (Å²) in [6, 6.07) is 1.56. The Kier molecular flexibility index (Phi) is 3.14. The standard InChI is InChI=1S/C9H13BO3S/c1-9(2,3)8(11)7-6(10(12)13)4-5-14-7/h4-5,12-13H,1-3H3. The monoisotopic (exact) mass is 212 g/mol. The molecule has 0 radical (unpaired) electrons. The number of ketones is 1. The lowest BCUT2D eigenvalue weighted by molar-refractivity contribution is 0.0863. The minimum Gasteiger partial charge on any atom is -0.423 e. The molecule has 5 heteroatoms. The molecular weight excluding hydrogens is 199 g/mol. The zero-order valence-corrected chi connectivity index (χ0v) is 9.26. The van der Waals surface area contributed by atoms with Crippen LogP contribution in [-0.2, 0) is 0 Å². The molecule has 0 fully saturated rings. The number of thiophene rings is 1. The fraction of sp³-hybridized carbons (Fsp3) is 0.444. The summed E-state index contributed by atoms with van der Waals surface area (Å²) in [5, 5.41) is 19.7. The van der Waals surface area contributed by atoms with Crippen LogP contribution >= 0.6 is 11.3 Å². The summed E-state index contributed by atoms with van der Waals surface area (Å²) in [7, 11) is -1.57. The van der Waals surface area contributed by atoms with E-state index in [0.29, 0.717) is 10.3 Å². The lowest BCUT2D eigenvalue weighted by atomic mass is 9.77. The number of carbonyl (C=O) groups is 1. The highest BCUT2D eigenvalue weighted by atomic mass is 32.1. The predicted octanol–water partition coefficient (Wildman–Crippen LogP) is 0.657. The molecular formula is C9H13BO3S. The Balaban J connectivity index is 3.08. The van der Waals surface area contributed by atoms with E-state index in [-0.39, 0.29) is 5.78 Å². The van der Waals surface area contributed by atoms with Crippen LogP contribution in [0.5, 0.6) is 0 Å². The Morgan fingerprint density at radius 1 is 1.43 bits per heavy atom. The van der Waals surface area contributed by atoms with E-state index in [4.69, 9.17) is 10.0 Å². The SMILES string of the molecule is CC(C)(C)C(=O)c1sccc1B(O)O. The van der Waals surface area contributed by atoms with Gasteiger partial charge in [-0.15, -0.1) is 11.3 Å². The normalized spacial score (nSPS) is 11.5. The van der Waals surface area contributed by atoms with Crippen LogP contribution in [0.2, 0.25) is 0 Å². The van der Waals surface area contributed by atoms with Crippen LogP contribution in [0.15, 0.2) is 11.4 Å². The van der Waals surface area contributed by atoms with Gasteiger partial charge in [-0.2, -0.15) is 0 Å². The highest BCUT2D eigenvalue weighted by Crippen LogP contribution is 2.22. The summed E-state index contributed by atoms with van der Waals surface area (Å²) in [5.41, 5.74) is -0.191. The van der Waals surface area contributed by atoms with Crippen LogP contribution in [-0.4, -0.2) is 22.9 Å². The molecule has 3 nitrogen and oxygen atoms in total. The number of hydrogen-bond donors (Lipinski definition) is 2. The molecule has 0 aliphatic rings. The van der Waals surface area contributed by atoms with Crippen LogP contribution < -0.4 is 5.46 Å². The Labute approximate surface area is 87.5 Å². The molecule has 0 amide bonds. The molecule has 1 rings (SSSR count). The summed E-state index contributed by atoms with van der Waals surface area (Å²) in [6.45, 7) is 5.42. The third kappa shape index (κ3) is 2.23.